The fourth-order valence-electron chi connectivity index (χ4n) is 2.17. The summed E-state index contributed by atoms with van der Waals surface area (Å²) in [6, 6.07) is 15.4. The van der Waals surface area contributed by atoms with Crippen molar-refractivity contribution in [1.82, 2.24) is 0 Å². The maximum atomic E-state index is 11.9. The first-order valence-electron chi connectivity index (χ1n) is 11.7. The molecule has 0 fully saturated rings. The summed E-state index contributed by atoms with van der Waals surface area (Å²) in [7, 11) is 2.93. The second-order valence-electron chi connectivity index (χ2n) is 6.52. The first kappa shape index (κ1) is 58.4. The Morgan fingerprint density at radius 1 is 0.667 bits per heavy atom. The van der Waals surface area contributed by atoms with Gasteiger partial charge in [-0.3, -0.25) is 9.98 Å². The number of nitriles is 3. The Kier molecular flexibility index (Phi) is 53.5. The van der Waals surface area contributed by atoms with Crippen LogP contribution in [-0.2, 0) is 16.5 Å². The third-order valence-electron chi connectivity index (χ3n) is 3.49. The molecule has 0 aliphatic rings. The molecule has 0 atom stereocenters. The predicted octanol–water partition coefficient (Wildman–Crippen LogP) is 2.65. The first-order valence-corrected chi connectivity index (χ1v) is 11.7. The number of nitrogens with zero attached hydrogens (tertiary/aromatic N) is 8. The smallest absolute Gasteiger partial charge is 0.870 e. The van der Waals surface area contributed by atoms with Crippen molar-refractivity contribution in [2.45, 2.75) is 27.2 Å². The molecule has 0 unspecified atom stereocenters. The molecule has 0 N–H and O–H groups in total. The zero-order chi connectivity index (χ0) is 36.9. The Bertz CT molecular complexity index is 1200. The molecule has 23 heteroatoms. The van der Waals surface area contributed by atoms with Crippen LogP contribution in [0.5, 0.6) is 23.0 Å². The van der Waals surface area contributed by atoms with Crippen molar-refractivity contribution in [3.8, 4) is 41.2 Å². The van der Waals surface area contributed by atoms with E-state index in [0.29, 0.717) is 42.1 Å². The molecule has 48 heavy (non-hydrogen) atoms. The van der Waals surface area contributed by atoms with Gasteiger partial charge in [-0.15, -0.1) is 0 Å². The van der Waals surface area contributed by atoms with E-state index in [1.54, 1.807) is 67.0 Å². The third-order valence-corrected chi connectivity index (χ3v) is 3.49. The second kappa shape index (κ2) is 44.0. The molecule has 21 nitrogen and oxygen atoms in total. The molecule has 2 aromatic rings. The quantitative estimate of drug-likeness (QED) is 0.121. The Morgan fingerprint density at radius 2 is 0.896 bits per heavy atom. The molecule has 0 aliphatic carbocycles. The molecule has 0 saturated carbocycles. The van der Waals surface area contributed by atoms with Gasteiger partial charge in [0.15, 0.2) is 0 Å². The number of benzene rings is 2. The molecular formula is C25H29GdN8NiO13. The minimum Gasteiger partial charge on any atom is -0.870 e. The number of para-hydroxylation sites is 2. The summed E-state index contributed by atoms with van der Waals surface area (Å²) in [5.41, 5.74) is 0.991. The molecular weight excluding hydrogens is 836 g/mol. The number of hydrogen-bond acceptors (Lipinski definition) is 18. The standard InChI is InChI=1S/C19H22N2O4.3C2H3N.Gd.3NO3.Ni/c1-24-16-8-3-6-14(18(16)22)12-20-10-5-11-21-13-15-7-4-9-17(25-2)19(15)23;3*1-2-3;;3*2-1(3)4;/h3-4,6-9,12-13,22-23H,5,10-11H2,1-2H3;3*1H3;;;;;/q;;;;+3;3*-1;+2/p-2. The van der Waals surface area contributed by atoms with Crippen molar-refractivity contribution in [1.29, 1.82) is 15.8 Å². The summed E-state index contributed by atoms with van der Waals surface area (Å²) in [5.74, 6) is 0.265. The first-order chi connectivity index (χ1) is 21.6. The van der Waals surface area contributed by atoms with Crippen LogP contribution in [0.25, 0.3) is 0 Å². The maximum absolute atomic E-state index is 11.9. The summed E-state index contributed by atoms with van der Waals surface area (Å²) < 4.78 is 9.97. The van der Waals surface area contributed by atoms with Gasteiger partial charge in [0.25, 0.3) is 0 Å². The number of ether oxygens (including phenoxy) is 2. The Morgan fingerprint density at radius 3 is 1.10 bits per heavy atom. The summed E-state index contributed by atoms with van der Waals surface area (Å²) in [6.07, 6.45) is 3.81. The van der Waals surface area contributed by atoms with Crippen LogP contribution in [0.15, 0.2) is 46.4 Å². The minimum atomic E-state index is -1.75. The van der Waals surface area contributed by atoms with Gasteiger partial charge in [0, 0.05) is 46.3 Å². The molecule has 0 bridgehead atoms. The molecule has 0 aliphatic heterocycles. The topological polar surface area (TPSA) is 359 Å². The largest absolute Gasteiger partial charge is 3.00 e. The molecule has 0 amide bonds. The monoisotopic (exact) mass is 865 g/mol. The molecule has 1 radical (unpaired) electrons. The third kappa shape index (κ3) is 47.8. The SMILES string of the molecule is CC#N.CC#N.CC#N.COc1cccc(C=NCCCN=Cc2cccc(OC)c2[O-])c1[O-].O=[N+]([O-])[O-].O=[N+]([O-])[O-].O=[N+]([O-])[O-].[Gd+3].[Ni+2]. The van der Waals surface area contributed by atoms with E-state index in [9.17, 15) is 10.2 Å². The van der Waals surface area contributed by atoms with Crippen LogP contribution in [0, 0.1) is 120 Å². The summed E-state index contributed by atoms with van der Waals surface area (Å²) in [5, 5.41) is 90.1. The van der Waals surface area contributed by atoms with Crippen molar-refractivity contribution in [2.75, 3.05) is 27.3 Å². The fraction of sp³-hybridized carbons (Fsp3) is 0.320. The van der Waals surface area contributed by atoms with Crippen LogP contribution in [0.2, 0.25) is 0 Å². The van der Waals surface area contributed by atoms with E-state index in [-0.39, 0.29) is 67.9 Å². The number of rotatable bonds is 8. The van der Waals surface area contributed by atoms with Crippen molar-refractivity contribution in [2.24, 2.45) is 9.98 Å². The molecule has 0 saturated heterocycles. The van der Waals surface area contributed by atoms with Crippen LogP contribution in [-0.4, -0.2) is 55.0 Å². The van der Waals surface area contributed by atoms with Gasteiger partial charge in [-0.25, -0.2) is 0 Å². The van der Waals surface area contributed by atoms with E-state index in [2.05, 4.69) is 9.98 Å². The van der Waals surface area contributed by atoms with Crippen LogP contribution < -0.4 is 19.7 Å². The van der Waals surface area contributed by atoms with Crippen molar-refractivity contribution in [3.05, 3.63) is 93.5 Å². The second-order valence-corrected chi connectivity index (χ2v) is 6.52. The zero-order valence-electron chi connectivity index (χ0n) is 25.8. The molecule has 0 heterocycles. The summed E-state index contributed by atoms with van der Waals surface area (Å²) >= 11 is 0. The van der Waals surface area contributed by atoms with E-state index >= 15 is 0 Å². The van der Waals surface area contributed by atoms with Crippen molar-refractivity contribution < 1.29 is 91.4 Å². The van der Waals surface area contributed by atoms with Gasteiger partial charge in [-0.2, -0.15) is 15.8 Å². The van der Waals surface area contributed by atoms with Gasteiger partial charge in [0.2, 0.25) is 0 Å². The Balaban J connectivity index is -0.000000120. The van der Waals surface area contributed by atoms with Gasteiger partial charge in [-0.1, -0.05) is 35.8 Å². The maximum Gasteiger partial charge on any atom is 3.00 e. The average molecular weight is 865 g/mol. The van der Waals surface area contributed by atoms with Crippen LogP contribution in [0.3, 0.4) is 0 Å². The fourth-order valence-corrected chi connectivity index (χ4v) is 2.17. The number of aliphatic imine (C=N–C) groups is 2. The van der Waals surface area contributed by atoms with E-state index in [1.165, 1.54) is 35.0 Å². The van der Waals surface area contributed by atoms with Crippen LogP contribution in [0.4, 0.5) is 0 Å². The van der Waals surface area contributed by atoms with Gasteiger partial charge in [-0.05, 0) is 29.7 Å². The van der Waals surface area contributed by atoms with E-state index in [1.807, 2.05) is 0 Å². The normalized spacial score (nSPS) is 7.88. The molecule has 2 aromatic carbocycles. The van der Waals surface area contributed by atoms with Gasteiger partial charge >= 0.3 is 56.4 Å². The molecule has 0 aromatic heterocycles. The Hall–Kier alpha value is -5.13. The molecule has 0 spiro atoms. The minimum absolute atomic E-state index is 0. The van der Waals surface area contributed by atoms with Crippen molar-refractivity contribution >= 4 is 12.4 Å². The molecule has 265 valence electrons. The van der Waals surface area contributed by atoms with Crippen LogP contribution in [0.1, 0.15) is 38.3 Å². The predicted molar refractivity (Wildman–Crippen MR) is 159 cm³/mol. The Labute approximate surface area is 316 Å². The summed E-state index contributed by atoms with van der Waals surface area (Å²) in [4.78, 5) is 33.2. The zero-order valence-corrected chi connectivity index (χ0v) is 29.1. The average Bonchev–Trinajstić information content (AvgIpc) is 2.94. The van der Waals surface area contributed by atoms with E-state index in [4.69, 9.17) is 71.2 Å². The van der Waals surface area contributed by atoms with Gasteiger partial charge in [0.05, 0.1) is 47.7 Å². The van der Waals surface area contributed by atoms with Crippen LogP contribution >= 0.6 is 0 Å². The molecule has 2 rings (SSSR count). The number of methoxy groups -OCH3 is 2. The van der Waals surface area contributed by atoms with Gasteiger partial charge < -0.3 is 65.7 Å². The van der Waals surface area contributed by atoms with E-state index in [0.717, 1.165) is 0 Å². The van der Waals surface area contributed by atoms with E-state index < -0.39 is 15.3 Å². The van der Waals surface area contributed by atoms with Gasteiger partial charge in [0.1, 0.15) is 11.5 Å². The van der Waals surface area contributed by atoms with Crippen molar-refractivity contribution in [3.63, 3.8) is 0 Å². The summed E-state index contributed by atoms with van der Waals surface area (Å²) in [6.45, 7) is 5.37. The number of hydrogen-bond donors (Lipinski definition) is 0.